The Hall–Kier alpha value is -2.36. The normalized spacial score (nSPS) is 18.5. The topological polar surface area (TPSA) is 29.9 Å². The van der Waals surface area contributed by atoms with E-state index in [1.165, 1.54) is 22.4 Å². The van der Waals surface area contributed by atoms with Gasteiger partial charge in [0.1, 0.15) is 0 Å². The molecule has 30 heavy (non-hydrogen) atoms. The van der Waals surface area contributed by atoms with Gasteiger partial charge in [-0.25, -0.2) is 4.68 Å². The number of hydrogen-bond acceptors (Lipinski definition) is 2. The summed E-state index contributed by atoms with van der Waals surface area (Å²) in [5.74, 6) is 0.931. The van der Waals surface area contributed by atoms with Gasteiger partial charge in [0.05, 0.1) is 11.4 Å². The van der Waals surface area contributed by atoms with E-state index in [1.54, 1.807) is 0 Å². The van der Waals surface area contributed by atoms with Crippen molar-refractivity contribution in [2.75, 3.05) is 0 Å². The van der Waals surface area contributed by atoms with Gasteiger partial charge in [0, 0.05) is 34.8 Å². The van der Waals surface area contributed by atoms with Gasteiger partial charge in [-0.3, -0.25) is 0 Å². The standard InChI is InChI=1S/C26H30ClN3/c1-17(2)21-9-12-25(13-10-21)30-19(4)26(18(3)29-30)22-8-11-24(15-22)28-16-20-6-5-7-23(27)14-20/h5-14,17,22,24,28H,15-16H2,1-4H3. The average molecular weight is 420 g/mol. The second-order valence-electron chi connectivity index (χ2n) is 8.59. The minimum atomic E-state index is 0.362. The van der Waals surface area contributed by atoms with Crippen molar-refractivity contribution in [3.05, 3.63) is 93.8 Å². The van der Waals surface area contributed by atoms with Crippen LogP contribution in [-0.2, 0) is 6.54 Å². The number of aromatic nitrogens is 2. The highest BCUT2D eigenvalue weighted by Crippen LogP contribution is 2.34. The molecule has 0 radical (unpaired) electrons. The Balaban J connectivity index is 1.47. The Morgan fingerprint density at radius 2 is 1.87 bits per heavy atom. The molecular formula is C26H30ClN3. The third-order valence-electron chi connectivity index (χ3n) is 6.06. The van der Waals surface area contributed by atoms with Crippen molar-refractivity contribution in [1.29, 1.82) is 0 Å². The lowest BCUT2D eigenvalue weighted by molar-refractivity contribution is 0.559. The molecule has 4 heteroatoms. The zero-order valence-electron chi connectivity index (χ0n) is 18.2. The summed E-state index contributed by atoms with van der Waals surface area (Å²) in [7, 11) is 0. The van der Waals surface area contributed by atoms with E-state index in [0.717, 1.165) is 29.4 Å². The van der Waals surface area contributed by atoms with Gasteiger partial charge in [0.25, 0.3) is 0 Å². The number of allylic oxidation sites excluding steroid dienone is 1. The molecule has 1 aliphatic carbocycles. The van der Waals surface area contributed by atoms with Crippen LogP contribution < -0.4 is 5.32 Å². The monoisotopic (exact) mass is 419 g/mol. The first-order valence-corrected chi connectivity index (χ1v) is 11.1. The van der Waals surface area contributed by atoms with E-state index < -0.39 is 0 Å². The van der Waals surface area contributed by atoms with Crippen LogP contribution in [0.15, 0.2) is 60.7 Å². The number of hydrogen-bond donors (Lipinski definition) is 1. The molecule has 0 saturated carbocycles. The molecule has 0 spiro atoms. The highest BCUT2D eigenvalue weighted by atomic mass is 35.5. The Bertz CT molecular complexity index is 1050. The Morgan fingerprint density at radius 1 is 1.10 bits per heavy atom. The lowest BCUT2D eigenvalue weighted by Gasteiger charge is -2.15. The number of nitrogens with one attached hydrogen (secondary N) is 1. The van der Waals surface area contributed by atoms with Crippen LogP contribution in [0.4, 0.5) is 0 Å². The number of aryl methyl sites for hydroxylation is 1. The van der Waals surface area contributed by atoms with E-state index in [4.69, 9.17) is 16.7 Å². The van der Waals surface area contributed by atoms with E-state index in [-0.39, 0.29) is 0 Å². The summed E-state index contributed by atoms with van der Waals surface area (Å²) >= 11 is 6.10. The van der Waals surface area contributed by atoms with Crippen LogP contribution in [-0.4, -0.2) is 15.8 Å². The molecule has 3 nitrogen and oxygen atoms in total. The van der Waals surface area contributed by atoms with Gasteiger partial charge in [-0.05, 0) is 61.6 Å². The lowest BCUT2D eigenvalue weighted by Crippen LogP contribution is -2.25. The van der Waals surface area contributed by atoms with Crippen molar-refractivity contribution in [1.82, 2.24) is 15.1 Å². The fourth-order valence-electron chi connectivity index (χ4n) is 4.40. The molecule has 2 unspecified atom stereocenters. The molecule has 0 aliphatic heterocycles. The van der Waals surface area contributed by atoms with Crippen molar-refractivity contribution >= 4 is 11.6 Å². The molecule has 3 aromatic rings. The van der Waals surface area contributed by atoms with Crippen molar-refractivity contribution in [3.8, 4) is 5.69 Å². The van der Waals surface area contributed by atoms with Gasteiger partial charge in [-0.15, -0.1) is 0 Å². The number of halogens is 1. The maximum absolute atomic E-state index is 6.10. The Labute approximate surface area is 184 Å². The van der Waals surface area contributed by atoms with E-state index >= 15 is 0 Å². The first-order valence-electron chi connectivity index (χ1n) is 10.7. The predicted octanol–water partition coefficient (Wildman–Crippen LogP) is 6.47. The fraction of sp³-hybridized carbons (Fsp3) is 0.346. The molecule has 1 heterocycles. The van der Waals surface area contributed by atoms with E-state index in [2.05, 4.69) is 80.2 Å². The van der Waals surface area contributed by atoms with E-state index in [9.17, 15) is 0 Å². The molecule has 1 N–H and O–H groups in total. The van der Waals surface area contributed by atoms with Crippen molar-refractivity contribution in [2.45, 2.75) is 58.5 Å². The molecule has 0 bridgehead atoms. The second kappa shape index (κ2) is 8.79. The first-order chi connectivity index (χ1) is 14.4. The van der Waals surface area contributed by atoms with Crippen LogP contribution in [0.25, 0.3) is 5.69 Å². The lowest BCUT2D eigenvalue weighted by atomic mass is 9.95. The third kappa shape index (κ3) is 4.38. The zero-order valence-corrected chi connectivity index (χ0v) is 18.9. The van der Waals surface area contributed by atoms with Crippen LogP contribution in [0, 0.1) is 13.8 Å². The number of nitrogens with zero attached hydrogens (tertiary/aromatic N) is 2. The highest BCUT2D eigenvalue weighted by Gasteiger charge is 2.26. The van der Waals surface area contributed by atoms with Crippen molar-refractivity contribution in [2.24, 2.45) is 0 Å². The fourth-order valence-corrected chi connectivity index (χ4v) is 4.62. The molecule has 1 aliphatic rings. The minimum absolute atomic E-state index is 0.362. The highest BCUT2D eigenvalue weighted by molar-refractivity contribution is 6.30. The zero-order chi connectivity index (χ0) is 21.3. The smallest absolute Gasteiger partial charge is 0.0649 e. The molecule has 0 fully saturated rings. The van der Waals surface area contributed by atoms with Gasteiger partial charge in [0.15, 0.2) is 0 Å². The van der Waals surface area contributed by atoms with E-state index in [0.29, 0.717) is 17.9 Å². The largest absolute Gasteiger partial charge is 0.306 e. The summed E-state index contributed by atoms with van der Waals surface area (Å²) in [5.41, 5.74) is 7.40. The van der Waals surface area contributed by atoms with Crippen LogP contribution in [0.5, 0.6) is 0 Å². The van der Waals surface area contributed by atoms with Crippen LogP contribution in [0.1, 0.15) is 60.2 Å². The van der Waals surface area contributed by atoms with Crippen LogP contribution >= 0.6 is 11.6 Å². The number of rotatable bonds is 6. The van der Waals surface area contributed by atoms with Gasteiger partial charge in [0.2, 0.25) is 0 Å². The van der Waals surface area contributed by atoms with Gasteiger partial charge in [-0.2, -0.15) is 5.10 Å². The van der Waals surface area contributed by atoms with Gasteiger partial charge in [-0.1, -0.05) is 61.9 Å². The summed E-state index contributed by atoms with van der Waals surface area (Å²) in [5, 5.41) is 9.31. The SMILES string of the molecule is Cc1nn(-c2ccc(C(C)C)cc2)c(C)c1C1C=CC(NCc2cccc(Cl)c2)C1. The van der Waals surface area contributed by atoms with Crippen molar-refractivity contribution < 1.29 is 0 Å². The molecule has 4 rings (SSSR count). The summed E-state index contributed by atoms with van der Waals surface area (Å²) in [6.07, 6.45) is 5.68. The van der Waals surface area contributed by atoms with Crippen LogP contribution in [0.3, 0.4) is 0 Å². The predicted molar refractivity (Wildman–Crippen MR) is 126 cm³/mol. The Morgan fingerprint density at radius 3 is 2.57 bits per heavy atom. The molecule has 0 amide bonds. The summed E-state index contributed by atoms with van der Waals surface area (Å²) in [6, 6.07) is 17.2. The molecule has 2 atom stereocenters. The molecular weight excluding hydrogens is 390 g/mol. The molecule has 2 aromatic carbocycles. The minimum Gasteiger partial charge on any atom is -0.306 e. The third-order valence-corrected chi connectivity index (χ3v) is 6.30. The second-order valence-corrected chi connectivity index (χ2v) is 9.02. The quantitative estimate of drug-likeness (QED) is 0.464. The van der Waals surface area contributed by atoms with E-state index in [1.807, 2.05) is 18.2 Å². The molecule has 0 saturated heterocycles. The average Bonchev–Trinajstić information content (AvgIpc) is 3.30. The van der Waals surface area contributed by atoms with Gasteiger partial charge < -0.3 is 5.32 Å². The summed E-state index contributed by atoms with van der Waals surface area (Å²) in [6.45, 7) is 9.58. The molecule has 156 valence electrons. The number of benzene rings is 2. The Kier molecular flexibility index (Phi) is 6.12. The maximum atomic E-state index is 6.10. The van der Waals surface area contributed by atoms with Crippen molar-refractivity contribution in [3.63, 3.8) is 0 Å². The van der Waals surface area contributed by atoms with Gasteiger partial charge >= 0.3 is 0 Å². The maximum Gasteiger partial charge on any atom is 0.0649 e. The first kappa shape index (κ1) is 20.9. The summed E-state index contributed by atoms with van der Waals surface area (Å²) in [4.78, 5) is 0. The molecule has 1 aromatic heterocycles. The van der Waals surface area contributed by atoms with Crippen LogP contribution in [0.2, 0.25) is 5.02 Å². The summed E-state index contributed by atoms with van der Waals surface area (Å²) < 4.78 is 2.09.